The van der Waals surface area contributed by atoms with E-state index in [1.807, 2.05) is 0 Å². The van der Waals surface area contributed by atoms with E-state index in [9.17, 15) is 0 Å². The molecule has 0 amide bonds. The van der Waals surface area contributed by atoms with Gasteiger partial charge in [-0.15, -0.1) is 0 Å². The molecule has 0 N–H and O–H groups in total. The van der Waals surface area contributed by atoms with E-state index < -0.39 is 51.3 Å². The van der Waals surface area contributed by atoms with Gasteiger partial charge < -0.3 is 14.2 Å². The van der Waals surface area contributed by atoms with Gasteiger partial charge in [0.1, 0.15) is 0 Å². The first-order chi connectivity index (χ1) is 11.0. The molecule has 0 spiro atoms. The summed E-state index contributed by atoms with van der Waals surface area (Å²) >= 11 is -4.61. The molecule has 0 aromatic heterocycles. The van der Waals surface area contributed by atoms with Crippen LogP contribution in [0.2, 0.25) is 0 Å². The molecule has 3 rings (SSSR count). The van der Waals surface area contributed by atoms with Gasteiger partial charge in [0, 0.05) is 39.6 Å². The fraction of sp³-hybridized carbons (Fsp3) is 1.00. The van der Waals surface area contributed by atoms with Crippen LogP contribution in [0.5, 0.6) is 0 Å². The first-order valence-corrected chi connectivity index (χ1v) is 34.8. The molecule has 0 bridgehead atoms. The molecule has 0 unspecified atom stereocenters. The van der Waals surface area contributed by atoms with E-state index in [4.69, 9.17) is 55.0 Å². The first-order valence-electron chi connectivity index (χ1n) is 7.54. The normalized spacial score (nSPS) is 18.0. The molecule has 11 heteroatoms. The summed E-state index contributed by atoms with van der Waals surface area (Å²) in [6.07, 6.45) is 7.67. The van der Waals surface area contributed by atoms with Crippen molar-refractivity contribution in [3.05, 3.63) is 0 Å². The molecule has 3 aliphatic rings. The van der Waals surface area contributed by atoms with E-state index in [0.717, 1.165) is 39.6 Å². The summed E-state index contributed by atoms with van der Waals surface area (Å²) in [5.41, 5.74) is 0. The Morgan fingerprint density at radius 3 is 0.565 bits per heavy atom. The molecule has 0 aromatic carbocycles. The Balaban J connectivity index is 0. The van der Waals surface area contributed by atoms with Crippen molar-refractivity contribution in [3.63, 3.8) is 0 Å². The quantitative estimate of drug-likeness (QED) is 0.287. The van der Waals surface area contributed by atoms with Crippen molar-refractivity contribution in [3.8, 4) is 0 Å². The number of hydrogen-bond donors (Lipinski definition) is 0. The van der Waals surface area contributed by atoms with Crippen LogP contribution >= 0.6 is 40.7 Å². The average Bonchev–Trinajstić information content (AvgIpc) is 3.25. The third kappa shape index (κ3) is 41.5. The maximum atomic E-state index is 5.03. The zero-order valence-electron chi connectivity index (χ0n) is 13.1. The van der Waals surface area contributed by atoms with Crippen molar-refractivity contribution < 1.29 is 65.5 Å². The maximum absolute atomic E-state index is 5.03. The minimum atomic E-state index is -2.31. The molecule has 23 heavy (non-hydrogen) atoms. The zero-order valence-corrected chi connectivity index (χ0v) is 24.9. The molecule has 3 heterocycles. The summed E-state index contributed by atoms with van der Waals surface area (Å²) in [5.74, 6) is 0. The van der Waals surface area contributed by atoms with E-state index >= 15 is 0 Å². The topological polar surface area (TPSA) is 27.7 Å². The standard InChI is InChI=1S/3C4H8O.6ClH.2La/c3*1-2-4-5-3-1;;;;;;;;/h3*1-4H2;6*1H;;/q;;;;;;;;;2*+3/p-6. The van der Waals surface area contributed by atoms with Crippen molar-refractivity contribution in [2.75, 3.05) is 39.6 Å². The van der Waals surface area contributed by atoms with Gasteiger partial charge in [0.05, 0.1) is 0 Å². The van der Waals surface area contributed by atoms with Crippen LogP contribution < -0.4 is 0 Å². The van der Waals surface area contributed by atoms with Crippen LogP contribution in [0, 0.1) is 51.3 Å². The molecule has 0 saturated carbocycles. The fourth-order valence-corrected chi connectivity index (χ4v) is 1.53. The predicted molar refractivity (Wildman–Crippen MR) is 95.3 cm³/mol. The van der Waals surface area contributed by atoms with Gasteiger partial charge in [-0.3, -0.25) is 0 Å². The second kappa shape index (κ2) is 26.0. The number of halogens is 6. The summed E-state index contributed by atoms with van der Waals surface area (Å²) in [6, 6.07) is 0. The van der Waals surface area contributed by atoms with E-state index in [1.54, 1.807) is 0 Å². The Hall–Kier alpha value is 4.01. The summed E-state index contributed by atoms with van der Waals surface area (Å²) in [7, 11) is 0. The minimum absolute atomic E-state index is 1.00. The molecule has 3 nitrogen and oxygen atoms in total. The number of ether oxygens (including phenoxy) is 3. The summed E-state index contributed by atoms with van der Waals surface area (Å²) in [6.45, 7) is 36.2. The SMILES string of the molecule is C1CCOC1.C1CCOC1.C1CCOC1.[Cl][La]([Cl])[Cl].[Cl][La]([Cl])[Cl]. The van der Waals surface area contributed by atoms with Crippen LogP contribution in [-0.2, 0) is 14.2 Å². The van der Waals surface area contributed by atoms with Gasteiger partial charge in [-0.1, -0.05) is 0 Å². The summed E-state index contributed by atoms with van der Waals surface area (Å²) in [4.78, 5) is 0. The third-order valence-electron chi connectivity index (χ3n) is 2.48. The molecule has 0 atom stereocenters. The molecule has 3 aliphatic heterocycles. The van der Waals surface area contributed by atoms with Gasteiger partial charge in [0.25, 0.3) is 0 Å². The van der Waals surface area contributed by atoms with E-state index in [1.165, 1.54) is 38.5 Å². The van der Waals surface area contributed by atoms with Crippen LogP contribution in [0.3, 0.4) is 0 Å². The second-order valence-electron chi connectivity index (χ2n) is 4.45. The van der Waals surface area contributed by atoms with Gasteiger partial charge in [-0.2, -0.15) is 0 Å². The van der Waals surface area contributed by atoms with E-state index in [0.29, 0.717) is 0 Å². The molecular formula is C12H24Cl6La2O3. The zero-order chi connectivity index (χ0) is 17.8. The van der Waals surface area contributed by atoms with Crippen molar-refractivity contribution >= 4 is 40.7 Å². The van der Waals surface area contributed by atoms with Gasteiger partial charge >= 0.3 is 92.1 Å². The predicted octanol–water partition coefficient (Wildman–Crippen LogP) is 6.53. The Morgan fingerprint density at radius 1 is 0.391 bits per heavy atom. The fourth-order valence-electron chi connectivity index (χ4n) is 1.53. The molecule has 138 valence electrons. The molecular weight excluding hydrogens is 683 g/mol. The van der Waals surface area contributed by atoms with Gasteiger partial charge in [0.15, 0.2) is 0 Å². The molecule has 0 radical (unpaired) electrons. The van der Waals surface area contributed by atoms with Crippen LogP contribution in [-0.4, -0.2) is 39.6 Å². The monoisotopic (exact) mass is 704 g/mol. The molecule has 3 fully saturated rings. The van der Waals surface area contributed by atoms with Crippen LogP contribution in [0.25, 0.3) is 0 Å². The Kier molecular flexibility index (Phi) is 33.0. The van der Waals surface area contributed by atoms with E-state index in [2.05, 4.69) is 0 Å². The van der Waals surface area contributed by atoms with Gasteiger partial charge in [0.2, 0.25) is 0 Å². The van der Waals surface area contributed by atoms with E-state index in [-0.39, 0.29) is 0 Å². The van der Waals surface area contributed by atoms with Crippen molar-refractivity contribution in [2.24, 2.45) is 0 Å². The van der Waals surface area contributed by atoms with Crippen molar-refractivity contribution in [1.29, 1.82) is 0 Å². The summed E-state index contributed by atoms with van der Waals surface area (Å²) < 4.78 is 14.8. The first kappa shape index (κ1) is 29.2. The number of hydrogen-bond acceptors (Lipinski definition) is 3. The molecule has 3 saturated heterocycles. The summed E-state index contributed by atoms with van der Waals surface area (Å²) in [5, 5.41) is 0. The average molecular weight is 707 g/mol. The van der Waals surface area contributed by atoms with Crippen LogP contribution in [0.4, 0.5) is 0 Å². The second-order valence-corrected chi connectivity index (χ2v) is 36.4. The van der Waals surface area contributed by atoms with Crippen molar-refractivity contribution in [2.45, 2.75) is 38.5 Å². The Labute approximate surface area is 181 Å². The van der Waals surface area contributed by atoms with Crippen molar-refractivity contribution in [1.82, 2.24) is 0 Å². The van der Waals surface area contributed by atoms with Crippen LogP contribution in [0.1, 0.15) is 38.5 Å². The molecule has 0 aliphatic carbocycles. The Morgan fingerprint density at radius 2 is 0.522 bits per heavy atom. The number of rotatable bonds is 0. The third-order valence-corrected chi connectivity index (χ3v) is 2.48. The Bertz CT molecular complexity index is 149. The van der Waals surface area contributed by atoms with Gasteiger partial charge in [-0.25, -0.2) is 0 Å². The van der Waals surface area contributed by atoms with Gasteiger partial charge in [-0.05, 0) is 38.5 Å². The molecule has 0 aromatic rings. The van der Waals surface area contributed by atoms with Crippen LogP contribution in [0.15, 0.2) is 0 Å².